The van der Waals surface area contributed by atoms with E-state index in [0.29, 0.717) is 0 Å². The summed E-state index contributed by atoms with van der Waals surface area (Å²) in [6.45, 7) is 13.2. The Balaban J connectivity index is 2.96. The van der Waals surface area contributed by atoms with Gasteiger partial charge in [0.2, 0.25) is 0 Å². The molecule has 3 nitrogen and oxygen atoms in total. The van der Waals surface area contributed by atoms with Gasteiger partial charge in [-0.25, -0.2) is 0 Å². The molecule has 0 spiro atoms. The van der Waals surface area contributed by atoms with Crippen molar-refractivity contribution in [2.45, 2.75) is 87.8 Å². The van der Waals surface area contributed by atoms with Gasteiger partial charge in [-0.1, -0.05) is 0 Å². The zero-order valence-electron chi connectivity index (χ0n) is 26.9. The van der Waals surface area contributed by atoms with E-state index in [1.54, 1.807) is 67.5 Å². The fourth-order valence-electron chi connectivity index (χ4n) is 6.15. The van der Waals surface area contributed by atoms with E-state index in [9.17, 15) is 0 Å². The summed E-state index contributed by atoms with van der Waals surface area (Å²) in [5, 5.41) is 0. The molecule has 0 bridgehead atoms. The molecule has 0 saturated heterocycles. The van der Waals surface area contributed by atoms with Gasteiger partial charge in [-0.15, -0.1) is 0 Å². The first kappa shape index (κ1) is 34.9. The van der Waals surface area contributed by atoms with Crippen LogP contribution in [0.15, 0.2) is 73.1 Å². The summed E-state index contributed by atoms with van der Waals surface area (Å²) in [4.78, 5) is 5.20. The normalized spacial score (nSPS) is 14.8. The van der Waals surface area contributed by atoms with Crippen LogP contribution < -0.4 is 17.1 Å². The van der Waals surface area contributed by atoms with Crippen LogP contribution in [0.1, 0.15) is 101 Å². The van der Waals surface area contributed by atoms with Gasteiger partial charge in [0.05, 0.1) is 0 Å². The van der Waals surface area contributed by atoms with Crippen molar-refractivity contribution in [3.63, 3.8) is 0 Å². The Morgan fingerprint density at radius 3 is 1.11 bits per heavy atom. The Hall–Kier alpha value is -3.01. The number of aromatic amines is 2. The van der Waals surface area contributed by atoms with E-state index >= 15 is 26.3 Å². The summed E-state index contributed by atoms with van der Waals surface area (Å²) >= 11 is -9.72. The summed E-state index contributed by atoms with van der Waals surface area (Å²) in [6.07, 6.45) is 2.26. The zero-order valence-corrected chi connectivity index (χ0v) is 29.1. The zero-order chi connectivity index (χ0) is 33.8. The van der Waals surface area contributed by atoms with Gasteiger partial charge < -0.3 is 0 Å². The average molecular weight is 818 g/mol. The maximum atomic E-state index is 18.0. The van der Waals surface area contributed by atoms with Crippen molar-refractivity contribution in [2.75, 3.05) is 5.73 Å². The SMILES string of the molecule is CC(C)c1cccc(C(C)C)[c]1[Au]([c]1ccc(N)cc1)([c]1c(C(C)C)cccc1C(C)C)(=[c]1[nH]cc[nH]1)([C](F)(F)F)[C](F)(F)F. The molecule has 4 N–H and O–H groups in total. The van der Waals surface area contributed by atoms with E-state index in [1.165, 1.54) is 24.3 Å². The van der Waals surface area contributed by atoms with Crippen LogP contribution in [0.4, 0.5) is 32.0 Å². The number of hydrogen-bond donors (Lipinski definition) is 3. The molecule has 3 aromatic carbocycles. The number of halogens is 6. The van der Waals surface area contributed by atoms with Gasteiger partial charge in [-0.3, -0.25) is 0 Å². The van der Waals surface area contributed by atoms with Gasteiger partial charge in [0.1, 0.15) is 0 Å². The molecule has 0 aliphatic heterocycles. The molecule has 1 aromatic heterocycles. The summed E-state index contributed by atoms with van der Waals surface area (Å²) in [7, 11) is 0. The number of nitrogens with two attached hydrogens (primary N) is 1. The third-order valence-corrected chi connectivity index (χ3v) is 29.5. The molecule has 45 heavy (non-hydrogen) atoms. The third-order valence-electron chi connectivity index (χ3n) is 8.26. The van der Waals surface area contributed by atoms with Gasteiger partial charge in [-0.2, -0.15) is 0 Å². The van der Waals surface area contributed by atoms with Crippen molar-refractivity contribution in [3.8, 4) is 0 Å². The van der Waals surface area contributed by atoms with Gasteiger partial charge >= 0.3 is 260 Å². The van der Waals surface area contributed by atoms with Crippen LogP contribution in [0.5, 0.6) is 0 Å². The standard InChI is InChI=1S/2C12H17.C6H6N.C3H4N2.2CF3.Au/c2*1-9(2)11-6-5-7-12(8-11)10(3)4;7-6-4-2-1-3-5-6;1-2-5-3-4-1;2*2-1(3)4;/h2*5-7,9-10H,1-4H3;2-5H,7H2;1-2,4-5H;;;. The van der Waals surface area contributed by atoms with Crippen LogP contribution in [0.3, 0.4) is 0 Å². The first-order valence-corrected chi connectivity index (χ1v) is 21.3. The molecular formula is C35H44AuF6N3. The Bertz CT molecular complexity index is 1680. The molecule has 1 heterocycles. The van der Waals surface area contributed by atoms with Crippen molar-refractivity contribution < 1.29 is 40.4 Å². The molecule has 0 amide bonds. The molecule has 0 unspecified atom stereocenters. The van der Waals surface area contributed by atoms with E-state index in [1.807, 2.05) is 0 Å². The number of hydrogen-bond acceptors (Lipinski definition) is 1. The summed E-state index contributed by atoms with van der Waals surface area (Å²) in [5.74, 6) is -2.79. The van der Waals surface area contributed by atoms with Crippen LogP contribution in [-0.2, 0) is 14.0 Å². The fourth-order valence-corrected chi connectivity index (χ4v) is 29.0. The fraction of sp³-hybridized carbons (Fsp3) is 0.400. The molecule has 0 aliphatic carbocycles. The number of imidazole rings is 1. The minimum atomic E-state index is -9.72. The summed E-state index contributed by atoms with van der Waals surface area (Å²) < 4.78 is 92.7. The number of nitrogens with one attached hydrogen (secondary N) is 2. The number of H-pyrrole nitrogens is 2. The van der Waals surface area contributed by atoms with Crippen LogP contribution in [0, 0.1) is 3.63 Å². The topological polar surface area (TPSA) is 57.6 Å². The second-order valence-corrected chi connectivity index (χ2v) is 27.4. The number of rotatable bonds is 7. The number of anilines is 1. The van der Waals surface area contributed by atoms with Crippen LogP contribution in [0.25, 0.3) is 0 Å². The number of nitrogen functional groups attached to an aromatic ring is 1. The quantitative estimate of drug-likeness (QED) is 0.0974. The van der Waals surface area contributed by atoms with Crippen molar-refractivity contribution in [2.24, 2.45) is 0 Å². The van der Waals surface area contributed by atoms with Gasteiger partial charge in [0.25, 0.3) is 0 Å². The van der Waals surface area contributed by atoms with Crippen molar-refractivity contribution in [1.82, 2.24) is 9.97 Å². The monoisotopic (exact) mass is 817 g/mol. The molecule has 0 aliphatic rings. The van der Waals surface area contributed by atoms with Crippen molar-refractivity contribution >= 4 is 17.0 Å². The molecule has 4 aromatic rings. The molecule has 10 heteroatoms. The Labute approximate surface area is 259 Å². The summed E-state index contributed by atoms with van der Waals surface area (Å²) in [6, 6.07) is 13.2. The second-order valence-electron chi connectivity index (χ2n) is 12.3. The molecule has 0 radical (unpaired) electrons. The maximum absolute atomic E-state index is 18.0. The first-order chi connectivity index (χ1) is 20.8. The van der Waals surface area contributed by atoms with Gasteiger partial charge in [0.15, 0.2) is 0 Å². The van der Waals surface area contributed by atoms with Crippen LogP contribution >= 0.6 is 0 Å². The molecule has 0 fully saturated rings. The predicted octanol–water partition coefficient (Wildman–Crippen LogP) is 9.19. The molecule has 0 saturated carbocycles. The van der Waals surface area contributed by atoms with Crippen LogP contribution in [0.2, 0.25) is 0 Å². The molecule has 252 valence electrons. The predicted molar refractivity (Wildman–Crippen MR) is 169 cm³/mol. The number of alkyl halides is 6. The molecular weight excluding hydrogens is 773 g/mol. The van der Waals surface area contributed by atoms with Gasteiger partial charge in [0, 0.05) is 0 Å². The molecule has 0 atom stereocenters. The third kappa shape index (κ3) is 3.80. The average Bonchev–Trinajstić information content (AvgIpc) is 3.49. The minimum absolute atomic E-state index is 0.00416. The van der Waals surface area contributed by atoms with Crippen molar-refractivity contribution in [3.05, 3.63) is 98.9 Å². The number of aromatic nitrogens is 2. The van der Waals surface area contributed by atoms with Crippen molar-refractivity contribution in [1.29, 1.82) is 0 Å². The van der Waals surface area contributed by atoms with Crippen LogP contribution in [-0.4, -0.2) is 18.8 Å². The number of benzene rings is 3. The van der Waals surface area contributed by atoms with E-state index in [2.05, 4.69) is 9.97 Å². The first-order valence-electron chi connectivity index (χ1n) is 14.8. The Morgan fingerprint density at radius 2 is 0.844 bits per heavy atom. The molecule has 4 rings (SSSR count). The Morgan fingerprint density at radius 1 is 0.533 bits per heavy atom. The van der Waals surface area contributed by atoms with Gasteiger partial charge in [-0.05, 0) is 0 Å². The second kappa shape index (κ2) is 11.1. The van der Waals surface area contributed by atoms with E-state index in [0.717, 1.165) is 36.7 Å². The van der Waals surface area contributed by atoms with E-state index < -0.39 is 61.5 Å². The van der Waals surface area contributed by atoms with E-state index in [4.69, 9.17) is 5.73 Å². The Kier molecular flexibility index (Phi) is 8.57. The van der Waals surface area contributed by atoms with E-state index in [-0.39, 0.29) is 27.9 Å². The summed E-state index contributed by atoms with van der Waals surface area (Å²) in [5.41, 5.74) is 6.10.